The van der Waals surface area contributed by atoms with E-state index in [1.54, 1.807) is 24.3 Å². The number of rotatable bonds is 6. The topological polar surface area (TPSA) is 70.2 Å². The quantitative estimate of drug-likeness (QED) is 0.710. The van der Waals surface area contributed by atoms with Gasteiger partial charge in [0, 0.05) is 22.3 Å². The molecule has 1 aliphatic carbocycles. The fraction of sp³-hybridized carbons (Fsp3) is 0.368. The molecule has 3 amide bonds. The third-order valence-corrected chi connectivity index (χ3v) is 5.17. The van der Waals surface area contributed by atoms with E-state index in [2.05, 4.69) is 29.8 Å². The number of hydrogen-bond acceptors (Lipinski definition) is 3. The number of amides is 3. The summed E-state index contributed by atoms with van der Waals surface area (Å²) in [5.41, 5.74) is 2.66. The van der Waals surface area contributed by atoms with Gasteiger partial charge in [0.2, 0.25) is 0 Å². The molecule has 0 saturated heterocycles. The van der Waals surface area contributed by atoms with Crippen molar-refractivity contribution in [2.45, 2.75) is 45.6 Å². The number of benzene rings is 1. The van der Waals surface area contributed by atoms with Crippen molar-refractivity contribution < 1.29 is 9.59 Å². The number of carbonyl (C=O) groups excluding carboxylic acids is 2. The number of hydrogen-bond donors (Lipinski definition) is 3. The van der Waals surface area contributed by atoms with Gasteiger partial charge >= 0.3 is 6.03 Å². The van der Waals surface area contributed by atoms with Crippen LogP contribution in [0.2, 0.25) is 0 Å². The standard InChI is InChI=1S/C19H23N3O2S/c1-3-4-13-11-17(25-12(13)2)18(23)20-14-5-7-15(8-6-14)21-19(24)22-16-9-10-16/h5-8,11,16H,3-4,9-10H2,1-2H3,(H,20,23)(H2,21,22,24). The second-order valence-electron chi connectivity index (χ2n) is 6.35. The summed E-state index contributed by atoms with van der Waals surface area (Å²) in [5, 5.41) is 8.57. The van der Waals surface area contributed by atoms with Gasteiger partial charge < -0.3 is 16.0 Å². The Hall–Kier alpha value is -2.34. The first-order chi connectivity index (χ1) is 12.0. The van der Waals surface area contributed by atoms with Crippen LogP contribution < -0.4 is 16.0 Å². The second-order valence-corrected chi connectivity index (χ2v) is 7.60. The molecular weight excluding hydrogens is 334 g/mol. The predicted molar refractivity (Wildman–Crippen MR) is 103 cm³/mol. The molecule has 1 saturated carbocycles. The molecule has 0 spiro atoms. The maximum Gasteiger partial charge on any atom is 0.319 e. The Kier molecular flexibility index (Phi) is 5.38. The van der Waals surface area contributed by atoms with E-state index in [4.69, 9.17) is 0 Å². The van der Waals surface area contributed by atoms with Crippen LogP contribution >= 0.6 is 11.3 Å². The lowest BCUT2D eigenvalue weighted by atomic mass is 10.1. The molecule has 1 heterocycles. The largest absolute Gasteiger partial charge is 0.335 e. The van der Waals surface area contributed by atoms with Gasteiger partial charge in [-0.1, -0.05) is 13.3 Å². The molecule has 0 unspecified atom stereocenters. The van der Waals surface area contributed by atoms with Crippen LogP contribution in [-0.4, -0.2) is 18.0 Å². The SMILES string of the molecule is CCCc1cc(C(=O)Nc2ccc(NC(=O)NC3CC3)cc2)sc1C. The molecule has 1 fully saturated rings. The molecule has 3 rings (SSSR count). The number of aryl methyl sites for hydroxylation is 2. The Morgan fingerprint density at radius 2 is 1.76 bits per heavy atom. The molecule has 0 aliphatic heterocycles. The van der Waals surface area contributed by atoms with Crippen LogP contribution in [0.5, 0.6) is 0 Å². The predicted octanol–water partition coefficient (Wildman–Crippen LogP) is 4.55. The van der Waals surface area contributed by atoms with Gasteiger partial charge in [0.1, 0.15) is 0 Å². The van der Waals surface area contributed by atoms with E-state index in [0.717, 1.165) is 30.6 Å². The van der Waals surface area contributed by atoms with Gasteiger partial charge in [0.25, 0.3) is 5.91 Å². The van der Waals surface area contributed by atoms with Crippen molar-refractivity contribution in [3.63, 3.8) is 0 Å². The molecule has 132 valence electrons. The maximum atomic E-state index is 12.4. The van der Waals surface area contributed by atoms with Gasteiger partial charge in [0.05, 0.1) is 4.88 Å². The Bertz CT molecular complexity index is 763. The van der Waals surface area contributed by atoms with Crippen molar-refractivity contribution >= 4 is 34.6 Å². The average Bonchev–Trinajstić information content (AvgIpc) is 3.31. The van der Waals surface area contributed by atoms with Gasteiger partial charge in [-0.15, -0.1) is 11.3 Å². The molecule has 0 bridgehead atoms. The number of nitrogens with one attached hydrogen (secondary N) is 3. The molecule has 1 aromatic carbocycles. The summed E-state index contributed by atoms with van der Waals surface area (Å²) < 4.78 is 0. The van der Waals surface area contributed by atoms with Crippen molar-refractivity contribution in [3.8, 4) is 0 Å². The Morgan fingerprint density at radius 1 is 1.12 bits per heavy atom. The smallest absolute Gasteiger partial charge is 0.319 e. The van der Waals surface area contributed by atoms with E-state index in [0.29, 0.717) is 17.4 Å². The van der Waals surface area contributed by atoms with Crippen LogP contribution in [0, 0.1) is 6.92 Å². The highest BCUT2D eigenvalue weighted by atomic mass is 32.1. The highest BCUT2D eigenvalue weighted by Gasteiger charge is 2.23. The molecule has 2 aromatic rings. The highest BCUT2D eigenvalue weighted by molar-refractivity contribution is 7.14. The summed E-state index contributed by atoms with van der Waals surface area (Å²) in [6.45, 7) is 4.19. The molecule has 0 radical (unpaired) electrons. The molecule has 3 N–H and O–H groups in total. The van der Waals surface area contributed by atoms with Gasteiger partial charge in [-0.2, -0.15) is 0 Å². The molecular formula is C19H23N3O2S. The Balaban J connectivity index is 1.57. The summed E-state index contributed by atoms with van der Waals surface area (Å²) in [7, 11) is 0. The number of urea groups is 1. The van der Waals surface area contributed by atoms with E-state index < -0.39 is 0 Å². The van der Waals surface area contributed by atoms with Crippen LogP contribution in [0.4, 0.5) is 16.2 Å². The first-order valence-corrected chi connectivity index (χ1v) is 9.45. The van der Waals surface area contributed by atoms with E-state index in [1.807, 2.05) is 6.07 Å². The lowest BCUT2D eigenvalue weighted by Gasteiger charge is -2.08. The zero-order chi connectivity index (χ0) is 17.8. The van der Waals surface area contributed by atoms with E-state index >= 15 is 0 Å². The van der Waals surface area contributed by atoms with Gasteiger partial charge in [-0.25, -0.2) is 4.79 Å². The number of carbonyl (C=O) groups is 2. The van der Waals surface area contributed by atoms with E-state index in [1.165, 1.54) is 21.8 Å². The first-order valence-electron chi connectivity index (χ1n) is 8.63. The van der Waals surface area contributed by atoms with Gasteiger partial charge in [0.15, 0.2) is 0 Å². The second kappa shape index (κ2) is 7.70. The minimum absolute atomic E-state index is 0.0948. The molecule has 0 atom stereocenters. The van der Waals surface area contributed by atoms with Crippen LogP contribution in [0.15, 0.2) is 30.3 Å². The van der Waals surface area contributed by atoms with Gasteiger partial charge in [-0.3, -0.25) is 4.79 Å². The van der Waals surface area contributed by atoms with Gasteiger partial charge in [-0.05, 0) is 62.1 Å². The minimum Gasteiger partial charge on any atom is -0.335 e. The van der Waals surface area contributed by atoms with E-state index in [9.17, 15) is 9.59 Å². The third-order valence-electron chi connectivity index (χ3n) is 4.08. The summed E-state index contributed by atoms with van der Waals surface area (Å²) >= 11 is 1.53. The number of anilines is 2. The summed E-state index contributed by atoms with van der Waals surface area (Å²) in [6.07, 6.45) is 4.18. The van der Waals surface area contributed by atoms with Crippen molar-refractivity contribution in [2.24, 2.45) is 0 Å². The molecule has 1 aromatic heterocycles. The lowest BCUT2D eigenvalue weighted by molar-refractivity contribution is 0.103. The Morgan fingerprint density at radius 3 is 2.36 bits per heavy atom. The van der Waals surface area contributed by atoms with Crippen molar-refractivity contribution in [3.05, 3.63) is 45.6 Å². The number of thiophene rings is 1. The zero-order valence-corrected chi connectivity index (χ0v) is 15.3. The average molecular weight is 357 g/mol. The van der Waals surface area contributed by atoms with Crippen LogP contribution in [0.1, 0.15) is 46.3 Å². The normalized spacial score (nSPS) is 13.4. The lowest BCUT2D eigenvalue weighted by Crippen LogP contribution is -2.30. The fourth-order valence-electron chi connectivity index (χ4n) is 2.56. The first kappa shape index (κ1) is 17.5. The van der Waals surface area contributed by atoms with Crippen LogP contribution in [0.25, 0.3) is 0 Å². The van der Waals surface area contributed by atoms with Crippen molar-refractivity contribution in [2.75, 3.05) is 10.6 Å². The highest BCUT2D eigenvalue weighted by Crippen LogP contribution is 2.24. The summed E-state index contributed by atoms with van der Waals surface area (Å²) in [4.78, 5) is 26.0. The molecule has 1 aliphatic rings. The molecule has 5 nitrogen and oxygen atoms in total. The fourth-order valence-corrected chi connectivity index (χ4v) is 3.53. The molecule has 6 heteroatoms. The van der Waals surface area contributed by atoms with Crippen molar-refractivity contribution in [1.29, 1.82) is 0 Å². The summed E-state index contributed by atoms with van der Waals surface area (Å²) in [6, 6.07) is 9.27. The minimum atomic E-state index is -0.184. The third kappa shape index (κ3) is 4.82. The summed E-state index contributed by atoms with van der Waals surface area (Å²) in [5.74, 6) is -0.0948. The molecule has 25 heavy (non-hydrogen) atoms. The van der Waals surface area contributed by atoms with Crippen LogP contribution in [0.3, 0.4) is 0 Å². The van der Waals surface area contributed by atoms with Crippen LogP contribution in [-0.2, 0) is 6.42 Å². The maximum absolute atomic E-state index is 12.4. The Labute approximate surface area is 151 Å². The monoisotopic (exact) mass is 357 g/mol. The van der Waals surface area contributed by atoms with E-state index in [-0.39, 0.29) is 11.9 Å². The zero-order valence-electron chi connectivity index (χ0n) is 14.5. The van der Waals surface area contributed by atoms with Crippen molar-refractivity contribution in [1.82, 2.24) is 5.32 Å².